The number of methoxy groups -OCH3 is 1. The lowest BCUT2D eigenvalue weighted by Crippen LogP contribution is -2.51. The van der Waals surface area contributed by atoms with Crippen molar-refractivity contribution in [2.75, 3.05) is 25.1 Å². The fraction of sp³-hybridized carbons (Fsp3) is 0.364. The average molecular weight is 204 g/mol. The summed E-state index contributed by atoms with van der Waals surface area (Å²) >= 11 is 0. The molecule has 78 valence electrons. The van der Waals surface area contributed by atoms with Crippen LogP contribution < -0.4 is 9.64 Å². The molecule has 4 nitrogen and oxygen atoms in total. The van der Waals surface area contributed by atoms with Gasteiger partial charge >= 0.3 is 0 Å². The molecule has 0 radical (unpaired) electrons. The van der Waals surface area contributed by atoms with Crippen molar-refractivity contribution in [3.05, 3.63) is 23.8 Å². The zero-order valence-electron chi connectivity index (χ0n) is 8.47. The minimum absolute atomic E-state index is 0.275. The second kappa shape index (κ2) is 3.79. The van der Waals surface area contributed by atoms with Gasteiger partial charge in [-0.15, -0.1) is 0 Å². The van der Waals surface area contributed by atoms with Crippen molar-refractivity contribution >= 4 is 5.69 Å². The van der Waals surface area contributed by atoms with Gasteiger partial charge in [0, 0.05) is 19.2 Å². The Labute approximate surface area is 88.3 Å². The van der Waals surface area contributed by atoms with Gasteiger partial charge in [-0.25, -0.2) is 0 Å². The number of anilines is 1. The van der Waals surface area contributed by atoms with Crippen molar-refractivity contribution < 1.29 is 9.84 Å². The molecular formula is C11H12N2O2. The molecule has 1 aromatic carbocycles. The second-order valence-electron chi connectivity index (χ2n) is 3.55. The third-order valence-electron chi connectivity index (χ3n) is 2.53. The summed E-state index contributed by atoms with van der Waals surface area (Å²) in [6.07, 6.45) is -0.275. The molecule has 0 aromatic heterocycles. The zero-order valence-corrected chi connectivity index (χ0v) is 8.47. The number of aliphatic hydroxyl groups is 1. The summed E-state index contributed by atoms with van der Waals surface area (Å²) in [5, 5.41) is 18.2. The van der Waals surface area contributed by atoms with Crippen molar-refractivity contribution in [1.29, 1.82) is 5.26 Å². The molecule has 0 saturated carbocycles. The molecule has 1 fully saturated rings. The highest BCUT2D eigenvalue weighted by Crippen LogP contribution is 2.28. The van der Waals surface area contributed by atoms with Crippen LogP contribution in [-0.2, 0) is 0 Å². The Morgan fingerprint density at radius 3 is 2.80 bits per heavy atom. The molecule has 1 aliphatic heterocycles. The Hall–Kier alpha value is -1.73. The summed E-state index contributed by atoms with van der Waals surface area (Å²) in [5.74, 6) is 0.727. The van der Waals surface area contributed by atoms with Crippen molar-refractivity contribution in [2.45, 2.75) is 6.10 Å². The van der Waals surface area contributed by atoms with Crippen molar-refractivity contribution in [2.24, 2.45) is 0 Å². The number of aliphatic hydroxyl groups excluding tert-OH is 1. The molecule has 0 bridgehead atoms. The highest BCUT2D eigenvalue weighted by molar-refractivity contribution is 5.63. The van der Waals surface area contributed by atoms with Crippen molar-refractivity contribution in [3.63, 3.8) is 0 Å². The number of hydrogen-bond donors (Lipinski definition) is 1. The number of benzene rings is 1. The van der Waals surface area contributed by atoms with E-state index in [-0.39, 0.29) is 6.10 Å². The SMILES string of the molecule is COc1ccc(C#N)c(N2CC(O)C2)c1. The number of hydrogen-bond acceptors (Lipinski definition) is 4. The normalized spacial score (nSPS) is 15.7. The predicted molar refractivity (Wildman–Crippen MR) is 55.9 cm³/mol. The lowest BCUT2D eigenvalue weighted by atomic mass is 10.1. The molecule has 0 aliphatic carbocycles. The molecule has 1 heterocycles. The molecular weight excluding hydrogens is 192 g/mol. The maximum Gasteiger partial charge on any atom is 0.121 e. The predicted octanol–water partition coefficient (Wildman–Crippen LogP) is 0.748. The Kier molecular flexibility index (Phi) is 2.48. The van der Waals surface area contributed by atoms with E-state index in [0.717, 1.165) is 11.4 Å². The Balaban J connectivity index is 2.31. The van der Waals surface area contributed by atoms with Crippen LogP contribution in [0.5, 0.6) is 5.75 Å². The van der Waals surface area contributed by atoms with Crippen LogP contribution in [0.4, 0.5) is 5.69 Å². The highest BCUT2D eigenvalue weighted by atomic mass is 16.5. The maximum absolute atomic E-state index is 9.21. The Morgan fingerprint density at radius 2 is 2.27 bits per heavy atom. The third-order valence-corrected chi connectivity index (χ3v) is 2.53. The van der Waals surface area contributed by atoms with E-state index < -0.39 is 0 Å². The van der Waals surface area contributed by atoms with E-state index in [1.165, 1.54) is 0 Å². The van der Waals surface area contributed by atoms with Crippen LogP contribution in [0, 0.1) is 11.3 Å². The Bertz CT molecular complexity index is 406. The van der Waals surface area contributed by atoms with Gasteiger partial charge in [0.1, 0.15) is 11.8 Å². The number of β-amino-alcohol motifs (C(OH)–C–C–N with tert-alkyl or cyclic N) is 1. The van der Waals surface area contributed by atoms with Crippen LogP contribution in [0.2, 0.25) is 0 Å². The molecule has 4 heteroatoms. The number of nitriles is 1. The first kappa shape index (κ1) is 9.81. The van der Waals surface area contributed by atoms with Gasteiger partial charge in [-0.1, -0.05) is 0 Å². The van der Waals surface area contributed by atoms with E-state index in [9.17, 15) is 5.11 Å². The lowest BCUT2D eigenvalue weighted by molar-refractivity contribution is 0.142. The van der Waals surface area contributed by atoms with E-state index in [1.54, 1.807) is 19.2 Å². The van der Waals surface area contributed by atoms with Crippen LogP contribution in [0.1, 0.15) is 5.56 Å². The van der Waals surface area contributed by atoms with Crippen LogP contribution in [0.3, 0.4) is 0 Å². The summed E-state index contributed by atoms with van der Waals surface area (Å²) < 4.78 is 5.10. The minimum Gasteiger partial charge on any atom is -0.497 e. The quantitative estimate of drug-likeness (QED) is 0.772. The summed E-state index contributed by atoms with van der Waals surface area (Å²) in [6.45, 7) is 1.17. The van der Waals surface area contributed by atoms with E-state index in [1.807, 2.05) is 11.0 Å². The summed E-state index contributed by atoms with van der Waals surface area (Å²) in [4.78, 5) is 1.96. The van der Waals surface area contributed by atoms with Gasteiger partial charge in [0.05, 0.1) is 24.5 Å². The van der Waals surface area contributed by atoms with Gasteiger partial charge in [0.2, 0.25) is 0 Å². The van der Waals surface area contributed by atoms with E-state index in [4.69, 9.17) is 10.00 Å². The van der Waals surface area contributed by atoms with Gasteiger partial charge < -0.3 is 14.7 Å². The second-order valence-corrected chi connectivity index (χ2v) is 3.55. The molecule has 0 amide bonds. The van der Waals surface area contributed by atoms with Crippen LogP contribution in [0.25, 0.3) is 0 Å². The molecule has 1 aliphatic rings. The first-order valence-electron chi connectivity index (χ1n) is 4.75. The molecule has 15 heavy (non-hydrogen) atoms. The van der Waals surface area contributed by atoms with Gasteiger partial charge in [0.15, 0.2) is 0 Å². The number of rotatable bonds is 2. The average Bonchev–Trinajstić information content (AvgIpc) is 2.24. The van der Waals surface area contributed by atoms with E-state index in [2.05, 4.69) is 6.07 Å². The summed E-state index contributed by atoms with van der Waals surface area (Å²) in [7, 11) is 1.59. The van der Waals surface area contributed by atoms with Gasteiger partial charge in [-0.2, -0.15) is 5.26 Å². The molecule has 0 spiro atoms. The summed E-state index contributed by atoms with van der Waals surface area (Å²) in [5.41, 5.74) is 1.45. The zero-order chi connectivity index (χ0) is 10.8. The van der Waals surface area contributed by atoms with E-state index in [0.29, 0.717) is 18.7 Å². The van der Waals surface area contributed by atoms with Crippen LogP contribution >= 0.6 is 0 Å². The monoisotopic (exact) mass is 204 g/mol. The van der Waals surface area contributed by atoms with Crippen molar-refractivity contribution in [1.82, 2.24) is 0 Å². The molecule has 2 rings (SSSR count). The van der Waals surface area contributed by atoms with Gasteiger partial charge in [-0.05, 0) is 12.1 Å². The maximum atomic E-state index is 9.21. The topological polar surface area (TPSA) is 56.5 Å². The van der Waals surface area contributed by atoms with Crippen molar-refractivity contribution in [3.8, 4) is 11.8 Å². The van der Waals surface area contributed by atoms with E-state index >= 15 is 0 Å². The van der Waals surface area contributed by atoms with Crippen LogP contribution in [0.15, 0.2) is 18.2 Å². The van der Waals surface area contributed by atoms with Gasteiger partial charge in [0.25, 0.3) is 0 Å². The molecule has 1 saturated heterocycles. The lowest BCUT2D eigenvalue weighted by Gasteiger charge is -2.38. The first-order chi connectivity index (χ1) is 7.24. The molecule has 0 unspecified atom stereocenters. The van der Waals surface area contributed by atoms with Crippen LogP contribution in [-0.4, -0.2) is 31.4 Å². The number of ether oxygens (including phenoxy) is 1. The molecule has 1 aromatic rings. The standard InChI is InChI=1S/C11H12N2O2/c1-15-10-3-2-8(5-12)11(4-10)13-6-9(14)7-13/h2-4,9,14H,6-7H2,1H3. The van der Waals surface area contributed by atoms with Gasteiger partial charge in [-0.3, -0.25) is 0 Å². The minimum atomic E-state index is -0.275. The highest BCUT2D eigenvalue weighted by Gasteiger charge is 2.26. The fourth-order valence-electron chi connectivity index (χ4n) is 1.65. The molecule has 0 atom stereocenters. The Morgan fingerprint density at radius 1 is 1.53 bits per heavy atom. The number of nitrogens with zero attached hydrogens (tertiary/aromatic N) is 2. The fourth-order valence-corrected chi connectivity index (χ4v) is 1.65. The molecule has 1 N–H and O–H groups in total. The smallest absolute Gasteiger partial charge is 0.121 e. The first-order valence-corrected chi connectivity index (χ1v) is 4.75. The largest absolute Gasteiger partial charge is 0.497 e. The summed E-state index contributed by atoms with van der Waals surface area (Å²) in [6, 6.07) is 7.45. The third kappa shape index (κ3) is 1.74.